The van der Waals surface area contributed by atoms with E-state index in [-0.39, 0.29) is 19.1 Å². The molecule has 0 bridgehead atoms. The van der Waals surface area contributed by atoms with Gasteiger partial charge in [0.25, 0.3) is 5.91 Å². The second kappa shape index (κ2) is 7.26. The summed E-state index contributed by atoms with van der Waals surface area (Å²) < 4.78 is 0. The lowest BCUT2D eigenvalue weighted by molar-refractivity contribution is 0.0650. The minimum absolute atomic E-state index is 0.0246. The largest absolute Gasteiger partial charge is 0.396 e. The van der Waals surface area contributed by atoms with Crippen molar-refractivity contribution in [2.45, 2.75) is 19.8 Å². The van der Waals surface area contributed by atoms with Crippen LogP contribution in [0, 0.1) is 24.7 Å². The predicted octanol–water partition coefficient (Wildman–Crippen LogP) is 1.18. The third kappa shape index (κ3) is 3.84. The van der Waals surface area contributed by atoms with E-state index in [0.717, 1.165) is 24.0 Å². The van der Waals surface area contributed by atoms with Gasteiger partial charge in [-0.2, -0.15) is 0 Å². The van der Waals surface area contributed by atoms with Gasteiger partial charge >= 0.3 is 0 Å². The lowest BCUT2D eigenvalue weighted by Gasteiger charge is -2.31. The number of aryl methyl sites for hydroxylation is 1. The highest BCUT2D eigenvalue weighted by Crippen LogP contribution is 2.20. The normalized spacial score (nSPS) is 15.5. The zero-order chi connectivity index (χ0) is 15.2. The molecule has 1 amide bonds. The lowest BCUT2D eigenvalue weighted by Crippen LogP contribution is -2.39. The Morgan fingerprint density at radius 1 is 1.33 bits per heavy atom. The van der Waals surface area contributed by atoms with Gasteiger partial charge in [-0.25, -0.2) is 0 Å². The molecule has 2 N–H and O–H groups in total. The molecule has 0 saturated carbocycles. The summed E-state index contributed by atoms with van der Waals surface area (Å²) in [6, 6.07) is 5.53. The third-order valence-electron chi connectivity index (χ3n) is 3.94. The molecule has 112 valence electrons. The first-order valence-corrected chi connectivity index (χ1v) is 7.26. The van der Waals surface area contributed by atoms with Gasteiger partial charge in [-0.1, -0.05) is 17.9 Å². The second-order valence-corrected chi connectivity index (χ2v) is 5.41. The van der Waals surface area contributed by atoms with Crippen LogP contribution in [0.5, 0.6) is 0 Å². The van der Waals surface area contributed by atoms with Gasteiger partial charge in [0.05, 0.1) is 0 Å². The predicted molar refractivity (Wildman–Crippen MR) is 80.9 cm³/mol. The van der Waals surface area contributed by atoms with Crippen LogP contribution >= 0.6 is 0 Å². The molecule has 1 aromatic rings. The molecule has 1 aromatic carbocycles. The average molecular weight is 287 g/mol. The Morgan fingerprint density at radius 2 is 2.05 bits per heavy atom. The van der Waals surface area contributed by atoms with Crippen LogP contribution in [0.15, 0.2) is 18.2 Å². The molecule has 1 aliphatic heterocycles. The molecular formula is C17H21NO3. The van der Waals surface area contributed by atoms with E-state index in [1.807, 2.05) is 24.0 Å². The fourth-order valence-electron chi connectivity index (χ4n) is 2.56. The van der Waals surface area contributed by atoms with E-state index in [4.69, 9.17) is 10.2 Å². The molecule has 0 spiro atoms. The first kappa shape index (κ1) is 15.6. The maximum Gasteiger partial charge on any atom is 0.254 e. The van der Waals surface area contributed by atoms with Crippen LogP contribution in [0.4, 0.5) is 0 Å². The van der Waals surface area contributed by atoms with E-state index in [0.29, 0.717) is 24.6 Å². The van der Waals surface area contributed by atoms with Gasteiger partial charge in [0, 0.05) is 30.8 Å². The first-order chi connectivity index (χ1) is 10.2. The Bertz CT molecular complexity index is 563. The first-order valence-electron chi connectivity index (χ1n) is 7.26. The Morgan fingerprint density at radius 3 is 2.67 bits per heavy atom. The molecule has 0 aromatic heterocycles. The van der Waals surface area contributed by atoms with Crippen molar-refractivity contribution in [3.05, 3.63) is 34.9 Å². The van der Waals surface area contributed by atoms with Crippen molar-refractivity contribution < 1.29 is 15.0 Å². The number of amides is 1. The molecule has 4 nitrogen and oxygen atoms in total. The van der Waals surface area contributed by atoms with E-state index in [9.17, 15) is 4.79 Å². The van der Waals surface area contributed by atoms with E-state index in [2.05, 4.69) is 11.8 Å². The van der Waals surface area contributed by atoms with Gasteiger partial charge in [0.15, 0.2) is 0 Å². The Balaban J connectivity index is 2.15. The lowest BCUT2D eigenvalue weighted by atomic mass is 9.96. The molecule has 2 rings (SSSR count). The molecule has 0 aliphatic carbocycles. The van der Waals surface area contributed by atoms with E-state index in [1.165, 1.54) is 0 Å². The number of carbonyl (C=O) groups excluding carboxylic acids is 1. The molecule has 1 saturated heterocycles. The van der Waals surface area contributed by atoms with Gasteiger partial charge in [0.1, 0.15) is 6.61 Å². The molecule has 4 heteroatoms. The number of rotatable bonds is 2. The molecule has 0 radical (unpaired) electrons. The maximum atomic E-state index is 12.6. The molecule has 21 heavy (non-hydrogen) atoms. The SMILES string of the molecule is Cc1ccc(C#CCO)cc1C(=O)N1CCC(CO)CC1. The Hall–Kier alpha value is -1.83. The number of hydrogen-bond donors (Lipinski definition) is 2. The van der Waals surface area contributed by atoms with Crippen LogP contribution in [0.2, 0.25) is 0 Å². The van der Waals surface area contributed by atoms with Crippen molar-refractivity contribution in [3.8, 4) is 11.8 Å². The zero-order valence-corrected chi connectivity index (χ0v) is 12.3. The van der Waals surface area contributed by atoms with Crippen molar-refractivity contribution in [2.75, 3.05) is 26.3 Å². The fraction of sp³-hybridized carbons (Fsp3) is 0.471. The number of piperidine rings is 1. The minimum atomic E-state index is -0.189. The second-order valence-electron chi connectivity index (χ2n) is 5.41. The quantitative estimate of drug-likeness (QED) is 0.803. The summed E-state index contributed by atoms with van der Waals surface area (Å²) in [4.78, 5) is 14.5. The van der Waals surface area contributed by atoms with Crippen molar-refractivity contribution in [3.63, 3.8) is 0 Å². The number of carbonyl (C=O) groups is 1. The standard InChI is InChI=1S/C17H21NO3/c1-13-4-5-14(3-2-10-19)11-16(13)17(21)18-8-6-15(12-20)7-9-18/h4-5,11,15,19-20H,6-10,12H2,1H3. The smallest absolute Gasteiger partial charge is 0.254 e. The van der Waals surface area contributed by atoms with E-state index < -0.39 is 0 Å². The van der Waals surface area contributed by atoms with Crippen molar-refractivity contribution in [1.82, 2.24) is 4.90 Å². The van der Waals surface area contributed by atoms with Gasteiger partial charge < -0.3 is 15.1 Å². The van der Waals surface area contributed by atoms with Crippen LogP contribution in [0.3, 0.4) is 0 Å². The van der Waals surface area contributed by atoms with Gasteiger partial charge in [-0.3, -0.25) is 4.79 Å². The van der Waals surface area contributed by atoms with E-state index in [1.54, 1.807) is 6.07 Å². The molecule has 1 heterocycles. The summed E-state index contributed by atoms with van der Waals surface area (Å²) in [5.41, 5.74) is 2.34. The van der Waals surface area contributed by atoms with Crippen LogP contribution < -0.4 is 0 Å². The number of nitrogens with zero attached hydrogens (tertiary/aromatic N) is 1. The summed E-state index contributed by atoms with van der Waals surface area (Å²) in [7, 11) is 0. The minimum Gasteiger partial charge on any atom is -0.396 e. The fourth-order valence-corrected chi connectivity index (χ4v) is 2.56. The van der Waals surface area contributed by atoms with Gasteiger partial charge in [-0.05, 0) is 43.4 Å². The third-order valence-corrected chi connectivity index (χ3v) is 3.94. The molecule has 1 fully saturated rings. The summed E-state index contributed by atoms with van der Waals surface area (Å²) in [5.74, 6) is 5.77. The van der Waals surface area contributed by atoms with Crippen molar-refractivity contribution >= 4 is 5.91 Å². The van der Waals surface area contributed by atoms with Crippen molar-refractivity contribution in [1.29, 1.82) is 0 Å². The highest BCUT2D eigenvalue weighted by molar-refractivity contribution is 5.96. The number of benzene rings is 1. The van der Waals surface area contributed by atoms with E-state index >= 15 is 0 Å². The summed E-state index contributed by atoms with van der Waals surface area (Å²) in [6.45, 7) is 3.31. The topological polar surface area (TPSA) is 60.8 Å². The van der Waals surface area contributed by atoms with Gasteiger partial charge in [-0.15, -0.1) is 0 Å². The van der Waals surface area contributed by atoms with Gasteiger partial charge in [0.2, 0.25) is 0 Å². The number of aliphatic hydroxyl groups is 2. The Labute approximate surface area is 125 Å². The van der Waals surface area contributed by atoms with Crippen LogP contribution in [0.1, 0.15) is 34.3 Å². The maximum absolute atomic E-state index is 12.6. The molecule has 0 unspecified atom stereocenters. The Kier molecular flexibility index (Phi) is 5.38. The average Bonchev–Trinajstić information content (AvgIpc) is 2.53. The number of hydrogen-bond acceptors (Lipinski definition) is 3. The number of aliphatic hydroxyl groups excluding tert-OH is 2. The highest BCUT2D eigenvalue weighted by atomic mass is 16.3. The molecule has 1 aliphatic rings. The summed E-state index contributed by atoms with van der Waals surface area (Å²) in [5, 5.41) is 17.9. The highest BCUT2D eigenvalue weighted by Gasteiger charge is 2.24. The number of likely N-dealkylation sites (tertiary alicyclic amines) is 1. The van der Waals surface area contributed by atoms with Crippen molar-refractivity contribution in [2.24, 2.45) is 5.92 Å². The van der Waals surface area contributed by atoms with Crippen LogP contribution in [-0.4, -0.2) is 47.3 Å². The zero-order valence-electron chi connectivity index (χ0n) is 12.3. The van der Waals surface area contributed by atoms with Crippen LogP contribution in [0.25, 0.3) is 0 Å². The monoisotopic (exact) mass is 287 g/mol. The molecular weight excluding hydrogens is 266 g/mol. The summed E-state index contributed by atoms with van der Waals surface area (Å²) >= 11 is 0. The summed E-state index contributed by atoms with van der Waals surface area (Å²) in [6.07, 6.45) is 1.70. The van der Waals surface area contributed by atoms with Crippen LogP contribution in [-0.2, 0) is 0 Å². The molecule has 0 atom stereocenters.